The molecule has 0 fully saturated rings. The lowest BCUT2D eigenvalue weighted by molar-refractivity contribution is 0.452. The number of benzene rings is 2. The standard InChI is InChI=1S/C15H16O4S/c1-9-5-4-6-12(16)15(9)20(18,19)14-8-11(3)10(2)7-13(14)17/h4-8,16-17H,1-3H3. The Bertz CT molecular complexity index is 756. The predicted octanol–water partition coefficient (Wildman–Crippen LogP) is 2.86. The van der Waals surface area contributed by atoms with Crippen LogP contribution in [0, 0.1) is 20.8 Å². The molecule has 2 aromatic carbocycles. The molecule has 0 aliphatic carbocycles. The first-order chi connectivity index (χ1) is 9.25. The van der Waals surface area contributed by atoms with Gasteiger partial charge in [-0.15, -0.1) is 0 Å². The summed E-state index contributed by atoms with van der Waals surface area (Å²) in [5, 5.41) is 19.8. The maximum Gasteiger partial charge on any atom is 0.214 e. The fourth-order valence-electron chi connectivity index (χ4n) is 2.09. The van der Waals surface area contributed by atoms with Gasteiger partial charge in [0.2, 0.25) is 9.84 Å². The summed E-state index contributed by atoms with van der Waals surface area (Å²) in [5.41, 5.74) is 1.99. The summed E-state index contributed by atoms with van der Waals surface area (Å²) in [7, 11) is -3.97. The lowest BCUT2D eigenvalue weighted by atomic mass is 10.1. The highest BCUT2D eigenvalue weighted by Gasteiger charge is 2.27. The van der Waals surface area contributed by atoms with Crippen LogP contribution in [0.25, 0.3) is 0 Å². The zero-order chi connectivity index (χ0) is 15.1. The summed E-state index contributed by atoms with van der Waals surface area (Å²) >= 11 is 0. The maximum atomic E-state index is 12.6. The molecule has 2 aromatic rings. The number of aromatic hydroxyl groups is 2. The predicted molar refractivity (Wildman–Crippen MR) is 75.9 cm³/mol. The van der Waals surface area contributed by atoms with Crippen LogP contribution < -0.4 is 0 Å². The van der Waals surface area contributed by atoms with E-state index in [9.17, 15) is 18.6 Å². The summed E-state index contributed by atoms with van der Waals surface area (Å²) in [6.07, 6.45) is 0. The first kappa shape index (κ1) is 14.4. The second-order valence-corrected chi connectivity index (χ2v) is 6.69. The molecule has 2 N–H and O–H groups in total. The third kappa shape index (κ3) is 2.25. The van der Waals surface area contributed by atoms with Gasteiger partial charge in [-0.25, -0.2) is 8.42 Å². The van der Waals surface area contributed by atoms with Crippen LogP contribution in [0.2, 0.25) is 0 Å². The summed E-state index contributed by atoms with van der Waals surface area (Å²) in [6, 6.07) is 7.33. The largest absolute Gasteiger partial charge is 0.507 e. The van der Waals surface area contributed by atoms with Gasteiger partial charge in [0.05, 0.1) is 0 Å². The van der Waals surface area contributed by atoms with E-state index in [-0.39, 0.29) is 21.3 Å². The first-order valence-corrected chi connectivity index (χ1v) is 7.57. The van der Waals surface area contributed by atoms with Crippen LogP contribution in [0.5, 0.6) is 11.5 Å². The molecule has 0 unspecified atom stereocenters. The van der Waals surface area contributed by atoms with Crippen LogP contribution in [0.15, 0.2) is 40.1 Å². The minimum atomic E-state index is -3.97. The summed E-state index contributed by atoms with van der Waals surface area (Å²) in [4.78, 5) is -0.358. The Hall–Kier alpha value is -2.01. The Balaban J connectivity index is 2.77. The van der Waals surface area contributed by atoms with Crippen molar-refractivity contribution in [2.45, 2.75) is 30.6 Å². The lowest BCUT2D eigenvalue weighted by Crippen LogP contribution is -2.06. The minimum absolute atomic E-state index is 0.168. The van der Waals surface area contributed by atoms with E-state index in [1.165, 1.54) is 18.2 Å². The van der Waals surface area contributed by atoms with E-state index in [0.717, 1.165) is 11.1 Å². The number of phenolic OH excluding ortho intramolecular Hbond substituents is 2. The number of aryl methyl sites for hydroxylation is 3. The van der Waals surface area contributed by atoms with Crippen molar-refractivity contribution in [2.24, 2.45) is 0 Å². The van der Waals surface area contributed by atoms with E-state index in [0.29, 0.717) is 5.56 Å². The molecule has 0 aromatic heterocycles. The van der Waals surface area contributed by atoms with Crippen molar-refractivity contribution in [3.8, 4) is 11.5 Å². The molecule has 20 heavy (non-hydrogen) atoms. The summed E-state index contributed by atoms with van der Waals surface area (Å²) in [5.74, 6) is -0.626. The van der Waals surface area contributed by atoms with E-state index in [4.69, 9.17) is 0 Å². The van der Waals surface area contributed by atoms with E-state index >= 15 is 0 Å². The van der Waals surface area contributed by atoms with Gasteiger partial charge in [-0.05, 0) is 55.7 Å². The van der Waals surface area contributed by atoms with Crippen LogP contribution in [0.3, 0.4) is 0 Å². The molecule has 2 rings (SSSR count). The Morgan fingerprint density at radius 1 is 0.850 bits per heavy atom. The second-order valence-electron chi connectivity index (χ2n) is 4.83. The molecule has 0 amide bonds. The number of phenols is 2. The highest BCUT2D eigenvalue weighted by Crippen LogP contribution is 2.36. The van der Waals surface area contributed by atoms with Crippen molar-refractivity contribution < 1.29 is 18.6 Å². The molecule has 0 spiro atoms. The van der Waals surface area contributed by atoms with Gasteiger partial charge >= 0.3 is 0 Å². The third-order valence-electron chi connectivity index (χ3n) is 3.32. The van der Waals surface area contributed by atoms with Gasteiger partial charge in [0.1, 0.15) is 21.3 Å². The maximum absolute atomic E-state index is 12.6. The molecule has 0 radical (unpaired) electrons. The van der Waals surface area contributed by atoms with E-state index < -0.39 is 9.84 Å². The van der Waals surface area contributed by atoms with Gasteiger partial charge in [0, 0.05) is 0 Å². The Morgan fingerprint density at radius 3 is 2.05 bits per heavy atom. The van der Waals surface area contributed by atoms with Crippen molar-refractivity contribution in [1.82, 2.24) is 0 Å². The highest BCUT2D eigenvalue weighted by molar-refractivity contribution is 7.91. The molecule has 0 heterocycles. The minimum Gasteiger partial charge on any atom is -0.507 e. The van der Waals surface area contributed by atoms with Crippen LogP contribution in [-0.4, -0.2) is 18.6 Å². The zero-order valence-electron chi connectivity index (χ0n) is 11.5. The topological polar surface area (TPSA) is 74.6 Å². The molecular weight excluding hydrogens is 276 g/mol. The van der Waals surface area contributed by atoms with Crippen LogP contribution >= 0.6 is 0 Å². The van der Waals surface area contributed by atoms with E-state index in [1.807, 2.05) is 0 Å². The molecule has 0 bridgehead atoms. The number of rotatable bonds is 2. The molecule has 5 heteroatoms. The van der Waals surface area contributed by atoms with Gasteiger partial charge in [-0.3, -0.25) is 0 Å². The molecule has 0 aliphatic heterocycles. The molecule has 4 nitrogen and oxygen atoms in total. The van der Waals surface area contributed by atoms with Crippen LogP contribution in [0.1, 0.15) is 16.7 Å². The lowest BCUT2D eigenvalue weighted by Gasteiger charge is -2.12. The van der Waals surface area contributed by atoms with Crippen molar-refractivity contribution in [3.05, 3.63) is 47.0 Å². The Kier molecular flexibility index (Phi) is 3.48. The zero-order valence-corrected chi connectivity index (χ0v) is 12.3. The quantitative estimate of drug-likeness (QED) is 0.892. The van der Waals surface area contributed by atoms with Gasteiger partial charge in [0.25, 0.3) is 0 Å². The van der Waals surface area contributed by atoms with Gasteiger partial charge in [-0.2, -0.15) is 0 Å². The SMILES string of the molecule is Cc1cc(O)c(S(=O)(=O)c2c(C)cccc2O)cc1C. The fraction of sp³-hybridized carbons (Fsp3) is 0.200. The monoisotopic (exact) mass is 292 g/mol. The molecule has 106 valence electrons. The Labute approximate surface area is 118 Å². The Morgan fingerprint density at radius 2 is 1.45 bits per heavy atom. The van der Waals surface area contributed by atoms with Crippen LogP contribution in [0.4, 0.5) is 0 Å². The molecule has 0 aliphatic rings. The van der Waals surface area contributed by atoms with Crippen molar-refractivity contribution in [1.29, 1.82) is 0 Å². The van der Waals surface area contributed by atoms with Gasteiger partial charge < -0.3 is 10.2 Å². The smallest absolute Gasteiger partial charge is 0.214 e. The molecule has 0 saturated heterocycles. The normalized spacial score (nSPS) is 11.6. The second kappa shape index (κ2) is 4.83. The first-order valence-electron chi connectivity index (χ1n) is 6.09. The van der Waals surface area contributed by atoms with Crippen LogP contribution in [-0.2, 0) is 9.84 Å². The van der Waals surface area contributed by atoms with Crippen molar-refractivity contribution in [2.75, 3.05) is 0 Å². The van der Waals surface area contributed by atoms with Gasteiger partial charge in [-0.1, -0.05) is 12.1 Å². The van der Waals surface area contributed by atoms with Crippen molar-refractivity contribution >= 4 is 9.84 Å². The molecule has 0 saturated carbocycles. The fourth-order valence-corrected chi connectivity index (χ4v) is 3.81. The molecular formula is C15H16O4S. The average Bonchev–Trinajstić information content (AvgIpc) is 2.33. The molecule has 0 atom stereocenters. The van der Waals surface area contributed by atoms with Gasteiger partial charge in [0.15, 0.2) is 0 Å². The third-order valence-corrected chi connectivity index (χ3v) is 5.30. The van der Waals surface area contributed by atoms with E-state index in [1.54, 1.807) is 32.9 Å². The number of hydrogen-bond acceptors (Lipinski definition) is 4. The summed E-state index contributed by atoms with van der Waals surface area (Å²) in [6.45, 7) is 5.16. The number of hydrogen-bond donors (Lipinski definition) is 2. The van der Waals surface area contributed by atoms with E-state index in [2.05, 4.69) is 0 Å². The summed E-state index contributed by atoms with van der Waals surface area (Å²) < 4.78 is 25.3. The average molecular weight is 292 g/mol. The number of sulfone groups is 1. The highest BCUT2D eigenvalue weighted by atomic mass is 32.2. The van der Waals surface area contributed by atoms with Crippen molar-refractivity contribution in [3.63, 3.8) is 0 Å².